The Morgan fingerprint density at radius 3 is 2.45 bits per heavy atom. The van der Waals surface area contributed by atoms with Gasteiger partial charge in [0.15, 0.2) is 5.75 Å². The molecule has 1 aromatic heterocycles. The second-order valence-electron chi connectivity index (χ2n) is 11.8. The Bertz CT molecular complexity index is 1940. The first-order valence-corrected chi connectivity index (χ1v) is 15.8. The van der Waals surface area contributed by atoms with Crippen LogP contribution >= 0.6 is 0 Å². The van der Waals surface area contributed by atoms with Crippen LogP contribution in [-0.4, -0.2) is 82.4 Å². The van der Waals surface area contributed by atoms with Crippen molar-refractivity contribution in [3.63, 3.8) is 0 Å². The predicted octanol–water partition coefficient (Wildman–Crippen LogP) is 3.08. The molecule has 0 fully saturated rings. The van der Waals surface area contributed by atoms with Crippen LogP contribution in [-0.2, 0) is 27.4 Å². The number of carbonyl (C=O) groups excluding carboxylic acids is 4. The SMILES string of the molecule is COCCN(CC(N)=O)C(=O)c1ccc(CN2C(=O)c3ccccc3C(C(=O)NCc3cccnc3)C2c2cc(OC)c(O)c([N+](=O)[O-])c2)cc1. The fraction of sp³-hybridized carbons (Fsp3) is 0.250. The van der Waals surface area contributed by atoms with E-state index >= 15 is 0 Å². The molecule has 5 rings (SSSR count). The number of nitro groups is 1. The minimum Gasteiger partial charge on any atom is -0.500 e. The van der Waals surface area contributed by atoms with E-state index in [2.05, 4.69) is 10.3 Å². The summed E-state index contributed by atoms with van der Waals surface area (Å²) in [4.78, 5) is 71.5. The van der Waals surface area contributed by atoms with E-state index < -0.39 is 51.9 Å². The first-order valence-electron chi connectivity index (χ1n) is 15.8. The van der Waals surface area contributed by atoms with Gasteiger partial charge in [-0.1, -0.05) is 36.4 Å². The largest absolute Gasteiger partial charge is 0.500 e. The summed E-state index contributed by atoms with van der Waals surface area (Å²) in [6.07, 6.45) is 3.21. The molecule has 4 aromatic rings. The maximum absolute atomic E-state index is 14.3. The number of nitrogens with one attached hydrogen (secondary N) is 1. The molecule has 4 amide bonds. The van der Waals surface area contributed by atoms with Crippen molar-refractivity contribution >= 4 is 29.3 Å². The van der Waals surface area contributed by atoms with E-state index in [1.165, 1.54) is 30.1 Å². The molecule has 51 heavy (non-hydrogen) atoms. The van der Waals surface area contributed by atoms with Gasteiger partial charge in [-0.05, 0) is 52.6 Å². The van der Waals surface area contributed by atoms with E-state index in [1.54, 1.807) is 73.1 Å². The van der Waals surface area contributed by atoms with E-state index in [1.807, 2.05) is 0 Å². The summed E-state index contributed by atoms with van der Waals surface area (Å²) in [6, 6.07) is 17.9. The second-order valence-corrected chi connectivity index (χ2v) is 11.8. The average Bonchev–Trinajstić information content (AvgIpc) is 3.13. The van der Waals surface area contributed by atoms with Gasteiger partial charge in [0.25, 0.3) is 11.8 Å². The number of phenolic OH excluding ortho intramolecular Hbond substituents is 1. The van der Waals surface area contributed by atoms with Gasteiger partial charge >= 0.3 is 5.69 Å². The Balaban J connectivity index is 1.58. The average molecular weight is 697 g/mol. The molecular weight excluding hydrogens is 660 g/mol. The number of ether oxygens (including phenoxy) is 2. The van der Waals surface area contributed by atoms with Crippen molar-refractivity contribution in [1.29, 1.82) is 0 Å². The zero-order valence-electron chi connectivity index (χ0n) is 27.9. The number of rotatable bonds is 14. The molecule has 15 nitrogen and oxygen atoms in total. The molecule has 0 saturated carbocycles. The number of hydrogen-bond acceptors (Lipinski definition) is 10. The molecule has 1 aliphatic heterocycles. The quantitative estimate of drug-likeness (QED) is 0.130. The Labute approximate surface area is 292 Å². The highest BCUT2D eigenvalue weighted by Crippen LogP contribution is 2.47. The summed E-state index contributed by atoms with van der Waals surface area (Å²) in [5.74, 6) is -4.02. The number of aromatic hydroxyl groups is 1. The Hall–Kier alpha value is -6.35. The lowest BCUT2D eigenvalue weighted by atomic mass is 9.78. The van der Waals surface area contributed by atoms with Gasteiger partial charge in [-0.2, -0.15) is 0 Å². The smallest absolute Gasteiger partial charge is 0.315 e. The molecule has 264 valence electrons. The van der Waals surface area contributed by atoms with Gasteiger partial charge in [-0.15, -0.1) is 0 Å². The number of benzene rings is 3. The normalized spacial score (nSPS) is 15.1. The number of pyridine rings is 1. The Morgan fingerprint density at radius 2 is 1.80 bits per heavy atom. The van der Waals surface area contributed by atoms with E-state index in [9.17, 15) is 34.4 Å². The molecule has 0 bridgehead atoms. The van der Waals surface area contributed by atoms with Crippen molar-refractivity contribution in [3.05, 3.63) is 129 Å². The number of nitrogens with zero attached hydrogens (tertiary/aromatic N) is 4. The Kier molecular flexibility index (Phi) is 11.2. The molecule has 0 saturated heterocycles. The van der Waals surface area contributed by atoms with Crippen LogP contribution in [0.2, 0.25) is 0 Å². The van der Waals surface area contributed by atoms with Gasteiger partial charge < -0.3 is 35.4 Å². The van der Waals surface area contributed by atoms with E-state index in [-0.39, 0.29) is 55.2 Å². The van der Waals surface area contributed by atoms with Gasteiger partial charge in [-0.3, -0.25) is 34.3 Å². The molecule has 0 spiro atoms. The standard InChI is InChI=1S/C36H36N6O9/c1-50-15-14-40(21-30(37)43)35(46)24-11-9-22(10-12-24)20-41-32(25-16-28(42(48)49)33(44)29(17-25)51-2)31(26-7-3-4-8-27(26)36(41)47)34(45)39-19-23-6-5-13-38-18-23/h3-13,16-18,31-32,44H,14-15,19-21H2,1-2H3,(H2,37,43)(H,39,45). The maximum Gasteiger partial charge on any atom is 0.315 e. The Morgan fingerprint density at radius 1 is 1.06 bits per heavy atom. The fourth-order valence-electron chi connectivity index (χ4n) is 6.08. The number of aromatic nitrogens is 1. The first-order chi connectivity index (χ1) is 24.5. The van der Waals surface area contributed by atoms with Crippen LogP contribution in [0.3, 0.4) is 0 Å². The number of nitrogens with two attached hydrogens (primary N) is 1. The van der Waals surface area contributed by atoms with Gasteiger partial charge in [0.05, 0.1) is 37.1 Å². The number of hydrogen-bond donors (Lipinski definition) is 3. The summed E-state index contributed by atoms with van der Waals surface area (Å²) < 4.78 is 10.3. The van der Waals surface area contributed by atoms with E-state index in [4.69, 9.17) is 15.2 Å². The van der Waals surface area contributed by atoms with Crippen LogP contribution in [0.25, 0.3) is 0 Å². The second kappa shape index (κ2) is 15.9. The number of phenols is 1. The van der Waals surface area contributed by atoms with Crippen molar-refractivity contribution < 1.29 is 38.7 Å². The van der Waals surface area contributed by atoms with Crippen molar-refractivity contribution in [2.45, 2.75) is 25.0 Å². The van der Waals surface area contributed by atoms with Crippen LogP contribution in [0.1, 0.15) is 54.9 Å². The van der Waals surface area contributed by atoms with Gasteiger partial charge in [0.2, 0.25) is 17.6 Å². The number of methoxy groups -OCH3 is 2. The van der Waals surface area contributed by atoms with E-state index in [0.29, 0.717) is 11.1 Å². The lowest BCUT2D eigenvalue weighted by Crippen LogP contribution is -2.47. The molecular formula is C36H36N6O9. The molecule has 2 atom stereocenters. The number of carbonyl (C=O) groups is 4. The third-order valence-corrected chi connectivity index (χ3v) is 8.50. The molecule has 15 heteroatoms. The van der Waals surface area contributed by atoms with Crippen LogP contribution in [0.15, 0.2) is 85.2 Å². The minimum absolute atomic E-state index is 0.0790. The highest BCUT2D eigenvalue weighted by Gasteiger charge is 2.45. The number of fused-ring (bicyclic) bond motifs is 1. The minimum atomic E-state index is -1.11. The lowest BCUT2D eigenvalue weighted by molar-refractivity contribution is -0.386. The predicted molar refractivity (Wildman–Crippen MR) is 183 cm³/mol. The van der Waals surface area contributed by atoms with Crippen LogP contribution in [0.4, 0.5) is 5.69 Å². The summed E-state index contributed by atoms with van der Waals surface area (Å²) in [7, 11) is 2.71. The van der Waals surface area contributed by atoms with Gasteiger partial charge in [0, 0.05) is 56.3 Å². The molecule has 0 radical (unpaired) electrons. The summed E-state index contributed by atoms with van der Waals surface area (Å²) >= 11 is 0. The third kappa shape index (κ3) is 7.94. The molecule has 4 N–H and O–H groups in total. The number of primary amides is 1. The fourth-order valence-corrected chi connectivity index (χ4v) is 6.08. The molecule has 0 aliphatic carbocycles. The zero-order chi connectivity index (χ0) is 36.7. The van der Waals surface area contributed by atoms with Crippen molar-refractivity contribution in [1.82, 2.24) is 20.1 Å². The highest BCUT2D eigenvalue weighted by molar-refractivity contribution is 6.01. The third-order valence-electron chi connectivity index (χ3n) is 8.50. The summed E-state index contributed by atoms with van der Waals surface area (Å²) in [5.41, 5.74) is 7.09. The topological polar surface area (TPSA) is 208 Å². The maximum atomic E-state index is 14.3. The molecule has 2 unspecified atom stereocenters. The lowest BCUT2D eigenvalue weighted by Gasteiger charge is -2.42. The summed E-state index contributed by atoms with van der Waals surface area (Å²) in [6.45, 7) is 0.0614. The van der Waals surface area contributed by atoms with E-state index in [0.717, 1.165) is 11.6 Å². The van der Waals surface area contributed by atoms with Crippen LogP contribution in [0, 0.1) is 10.1 Å². The van der Waals surface area contributed by atoms with Crippen molar-refractivity contribution in [2.75, 3.05) is 33.9 Å². The first kappa shape index (κ1) is 35.9. The molecule has 3 aromatic carbocycles. The van der Waals surface area contributed by atoms with Crippen LogP contribution < -0.4 is 15.8 Å². The van der Waals surface area contributed by atoms with Gasteiger partial charge in [-0.25, -0.2) is 0 Å². The van der Waals surface area contributed by atoms with Crippen molar-refractivity contribution in [3.8, 4) is 11.5 Å². The monoisotopic (exact) mass is 696 g/mol. The van der Waals surface area contributed by atoms with Crippen LogP contribution in [0.5, 0.6) is 11.5 Å². The van der Waals surface area contributed by atoms with Gasteiger partial charge in [0.1, 0.15) is 0 Å². The van der Waals surface area contributed by atoms with Crippen molar-refractivity contribution in [2.24, 2.45) is 5.73 Å². The zero-order valence-corrected chi connectivity index (χ0v) is 27.9. The molecule has 2 heterocycles. The highest BCUT2D eigenvalue weighted by atomic mass is 16.6. The molecule has 1 aliphatic rings. The number of nitro benzene ring substituents is 1. The number of amides is 4. The summed E-state index contributed by atoms with van der Waals surface area (Å²) in [5, 5.41) is 25.6.